The Morgan fingerprint density at radius 3 is 2.65 bits per heavy atom. The maximum atomic E-state index is 9.20. The molecule has 0 spiro atoms. The average Bonchev–Trinajstić information content (AvgIpc) is 3.11. The zero-order valence-electron chi connectivity index (χ0n) is 10.3. The van der Waals surface area contributed by atoms with Crippen LogP contribution in [0.4, 0.5) is 0 Å². The highest BCUT2D eigenvalue weighted by atomic mass is 16.6. The lowest BCUT2D eigenvalue weighted by Gasteiger charge is -2.12. The molecule has 1 saturated heterocycles. The second-order valence-corrected chi connectivity index (χ2v) is 4.60. The van der Waals surface area contributed by atoms with E-state index in [0.717, 1.165) is 18.5 Å². The van der Waals surface area contributed by atoms with E-state index < -0.39 is 0 Å². The number of phenolic OH excluding ortho intramolecular Hbond substituents is 1. The Kier molecular flexibility index (Phi) is 3.66. The minimum atomic E-state index is 0.0125. The number of rotatable bonds is 5. The predicted molar refractivity (Wildman–Crippen MR) is 66.8 cm³/mol. The Morgan fingerprint density at radius 1 is 1.41 bits per heavy atom. The van der Waals surface area contributed by atoms with Crippen molar-refractivity contribution in [3.8, 4) is 5.75 Å². The SMILES string of the molecule is CCN(C)C1OC1[C@@H](N)Cc1ccc(O)cc1. The van der Waals surface area contributed by atoms with Gasteiger partial charge in [-0.15, -0.1) is 0 Å². The fourth-order valence-corrected chi connectivity index (χ4v) is 1.98. The second kappa shape index (κ2) is 5.04. The van der Waals surface area contributed by atoms with E-state index in [4.69, 9.17) is 10.5 Å². The van der Waals surface area contributed by atoms with Gasteiger partial charge in [0.05, 0.1) is 0 Å². The summed E-state index contributed by atoms with van der Waals surface area (Å²) in [5.41, 5.74) is 7.25. The number of nitrogens with two attached hydrogens (primary N) is 1. The minimum Gasteiger partial charge on any atom is -0.508 e. The van der Waals surface area contributed by atoms with Crippen LogP contribution in [0, 0.1) is 0 Å². The molecule has 2 unspecified atom stereocenters. The number of aromatic hydroxyl groups is 1. The van der Waals surface area contributed by atoms with Crippen molar-refractivity contribution in [1.82, 2.24) is 4.90 Å². The Balaban J connectivity index is 1.86. The number of hydrogen-bond donors (Lipinski definition) is 2. The summed E-state index contributed by atoms with van der Waals surface area (Å²) in [6.07, 6.45) is 1.08. The first-order chi connectivity index (χ1) is 8.11. The van der Waals surface area contributed by atoms with E-state index in [2.05, 4.69) is 11.8 Å². The van der Waals surface area contributed by atoms with E-state index in [1.807, 2.05) is 19.2 Å². The quantitative estimate of drug-likeness (QED) is 0.747. The molecule has 0 saturated carbocycles. The molecule has 0 amide bonds. The van der Waals surface area contributed by atoms with Gasteiger partial charge in [-0.3, -0.25) is 4.90 Å². The Bertz CT molecular complexity index is 366. The van der Waals surface area contributed by atoms with Crippen molar-refractivity contribution in [2.75, 3.05) is 13.6 Å². The number of epoxide rings is 1. The Hall–Kier alpha value is -1.10. The zero-order chi connectivity index (χ0) is 12.4. The molecular formula is C13H20N2O2. The van der Waals surface area contributed by atoms with Crippen LogP contribution in [0.3, 0.4) is 0 Å². The van der Waals surface area contributed by atoms with Crippen LogP contribution >= 0.6 is 0 Å². The van der Waals surface area contributed by atoms with Crippen molar-refractivity contribution >= 4 is 0 Å². The van der Waals surface area contributed by atoms with Gasteiger partial charge < -0.3 is 15.6 Å². The highest BCUT2D eigenvalue weighted by Gasteiger charge is 2.45. The molecule has 17 heavy (non-hydrogen) atoms. The van der Waals surface area contributed by atoms with Gasteiger partial charge in [-0.2, -0.15) is 0 Å². The van der Waals surface area contributed by atoms with Gasteiger partial charge >= 0.3 is 0 Å². The Morgan fingerprint density at radius 2 is 2.06 bits per heavy atom. The first-order valence-electron chi connectivity index (χ1n) is 6.01. The van der Waals surface area contributed by atoms with Crippen LogP contribution in [-0.4, -0.2) is 42.0 Å². The van der Waals surface area contributed by atoms with Crippen molar-refractivity contribution in [2.45, 2.75) is 31.7 Å². The highest BCUT2D eigenvalue weighted by Crippen LogP contribution is 2.28. The van der Waals surface area contributed by atoms with Crippen LogP contribution in [0.25, 0.3) is 0 Å². The van der Waals surface area contributed by atoms with E-state index in [0.29, 0.717) is 0 Å². The van der Waals surface area contributed by atoms with Crippen LogP contribution in [0.1, 0.15) is 12.5 Å². The molecule has 1 aliphatic rings. The molecule has 0 aliphatic carbocycles. The normalized spacial score (nSPS) is 24.9. The molecule has 4 heteroatoms. The highest BCUT2D eigenvalue weighted by molar-refractivity contribution is 5.26. The molecule has 3 N–H and O–H groups in total. The second-order valence-electron chi connectivity index (χ2n) is 4.60. The molecule has 94 valence electrons. The molecular weight excluding hydrogens is 216 g/mol. The summed E-state index contributed by atoms with van der Waals surface area (Å²) in [6, 6.07) is 7.18. The lowest BCUT2D eigenvalue weighted by atomic mass is 10.0. The maximum Gasteiger partial charge on any atom is 0.139 e. The van der Waals surface area contributed by atoms with E-state index in [9.17, 15) is 5.11 Å². The standard InChI is InChI=1S/C13H20N2O2/c1-3-15(2)13-12(17-13)11(14)8-9-4-6-10(16)7-5-9/h4-7,11-13,16H,3,8,14H2,1-2H3/t11-,12?,13?/m0/s1. The third-order valence-electron chi connectivity index (χ3n) is 3.26. The van der Waals surface area contributed by atoms with E-state index in [1.165, 1.54) is 0 Å². The van der Waals surface area contributed by atoms with Crippen molar-refractivity contribution in [3.63, 3.8) is 0 Å². The van der Waals surface area contributed by atoms with Gasteiger partial charge in [-0.05, 0) is 37.7 Å². The van der Waals surface area contributed by atoms with Crippen LogP contribution in [0.15, 0.2) is 24.3 Å². The minimum absolute atomic E-state index is 0.0125. The Labute approximate surface area is 102 Å². The number of likely N-dealkylation sites (N-methyl/N-ethyl adjacent to an activating group) is 1. The summed E-state index contributed by atoms with van der Waals surface area (Å²) in [5, 5.41) is 9.20. The zero-order valence-corrected chi connectivity index (χ0v) is 10.3. The lowest BCUT2D eigenvalue weighted by Crippen LogP contribution is -2.34. The largest absolute Gasteiger partial charge is 0.508 e. The third-order valence-corrected chi connectivity index (χ3v) is 3.26. The molecule has 3 atom stereocenters. The van der Waals surface area contributed by atoms with Crippen molar-refractivity contribution in [2.24, 2.45) is 5.73 Å². The number of ether oxygens (including phenoxy) is 1. The van der Waals surface area contributed by atoms with Crippen LogP contribution in [-0.2, 0) is 11.2 Å². The third kappa shape index (κ3) is 2.97. The van der Waals surface area contributed by atoms with Gasteiger partial charge in [-0.1, -0.05) is 19.1 Å². The molecule has 1 aliphatic heterocycles. The fourth-order valence-electron chi connectivity index (χ4n) is 1.98. The van der Waals surface area contributed by atoms with Crippen molar-refractivity contribution in [3.05, 3.63) is 29.8 Å². The van der Waals surface area contributed by atoms with Crippen molar-refractivity contribution < 1.29 is 9.84 Å². The number of benzene rings is 1. The molecule has 4 nitrogen and oxygen atoms in total. The molecule has 1 heterocycles. The van der Waals surface area contributed by atoms with Gasteiger partial charge in [-0.25, -0.2) is 0 Å². The summed E-state index contributed by atoms with van der Waals surface area (Å²) >= 11 is 0. The summed E-state index contributed by atoms with van der Waals surface area (Å²) in [4.78, 5) is 2.15. The number of hydrogen-bond acceptors (Lipinski definition) is 4. The maximum absolute atomic E-state index is 9.20. The molecule has 1 aromatic rings. The summed E-state index contributed by atoms with van der Waals surface area (Å²) in [7, 11) is 2.04. The fraction of sp³-hybridized carbons (Fsp3) is 0.538. The summed E-state index contributed by atoms with van der Waals surface area (Å²) in [6.45, 7) is 3.07. The monoisotopic (exact) mass is 236 g/mol. The van der Waals surface area contributed by atoms with Gasteiger partial charge in [0.25, 0.3) is 0 Å². The molecule has 2 rings (SSSR count). The molecule has 1 fully saturated rings. The van der Waals surface area contributed by atoms with Crippen LogP contribution in [0.2, 0.25) is 0 Å². The summed E-state index contributed by atoms with van der Waals surface area (Å²) < 4.78 is 5.58. The van der Waals surface area contributed by atoms with Crippen molar-refractivity contribution in [1.29, 1.82) is 0 Å². The first-order valence-corrected chi connectivity index (χ1v) is 6.01. The number of nitrogens with zero attached hydrogens (tertiary/aromatic N) is 1. The molecule has 1 aromatic carbocycles. The smallest absolute Gasteiger partial charge is 0.139 e. The lowest BCUT2D eigenvalue weighted by molar-refractivity contribution is 0.217. The van der Waals surface area contributed by atoms with Gasteiger partial charge in [0.2, 0.25) is 0 Å². The molecule has 0 radical (unpaired) electrons. The predicted octanol–water partition coefficient (Wildman–Crippen LogP) is 0.939. The molecule has 0 aromatic heterocycles. The van der Waals surface area contributed by atoms with E-state index in [1.54, 1.807) is 12.1 Å². The van der Waals surface area contributed by atoms with Gasteiger partial charge in [0.1, 0.15) is 18.1 Å². The van der Waals surface area contributed by atoms with E-state index >= 15 is 0 Å². The summed E-state index contributed by atoms with van der Waals surface area (Å²) in [5.74, 6) is 0.286. The molecule has 0 bridgehead atoms. The van der Waals surface area contributed by atoms with Crippen LogP contribution in [0.5, 0.6) is 5.75 Å². The average molecular weight is 236 g/mol. The van der Waals surface area contributed by atoms with Crippen LogP contribution < -0.4 is 5.73 Å². The van der Waals surface area contributed by atoms with Gasteiger partial charge in [0, 0.05) is 6.04 Å². The topological polar surface area (TPSA) is 62.0 Å². The first kappa shape index (κ1) is 12.4. The van der Waals surface area contributed by atoms with E-state index in [-0.39, 0.29) is 24.1 Å². The van der Waals surface area contributed by atoms with Gasteiger partial charge in [0.15, 0.2) is 0 Å². The number of phenols is 1.